The molecule has 1 saturated heterocycles. The number of likely N-dealkylation sites (tertiary alicyclic amines) is 1. The first-order valence-electron chi connectivity index (χ1n) is 12.9. The summed E-state index contributed by atoms with van der Waals surface area (Å²) in [5, 5.41) is 11.4. The number of rotatable bonds is 9. The van der Waals surface area contributed by atoms with Crippen LogP contribution >= 0.6 is 0 Å². The minimum Gasteiger partial charge on any atom is -0.507 e. The van der Waals surface area contributed by atoms with Crippen LogP contribution in [0.1, 0.15) is 48.9 Å². The predicted molar refractivity (Wildman–Crippen MR) is 141 cm³/mol. The van der Waals surface area contributed by atoms with Crippen LogP contribution in [0.3, 0.4) is 0 Å². The fourth-order valence-electron chi connectivity index (χ4n) is 4.74. The number of fused-ring (bicyclic) bond motifs is 1. The normalized spacial score (nSPS) is 18.0. The van der Waals surface area contributed by atoms with Crippen molar-refractivity contribution in [3.63, 3.8) is 0 Å². The molecule has 2 aromatic carbocycles. The van der Waals surface area contributed by atoms with Crippen LogP contribution in [0.25, 0.3) is 5.76 Å². The lowest BCUT2D eigenvalue weighted by Gasteiger charge is -2.26. The van der Waals surface area contributed by atoms with E-state index in [9.17, 15) is 14.7 Å². The van der Waals surface area contributed by atoms with Crippen molar-refractivity contribution >= 4 is 17.4 Å². The van der Waals surface area contributed by atoms with E-state index in [1.54, 1.807) is 42.7 Å². The van der Waals surface area contributed by atoms with E-state index in [1.165, 1.54) is 4.90 Å². The third kappa shape index (κ3) is 5.20. The Morgan fingerprint density at radius 3 is 2.61 bits per heavy atom. The summed E-state index contributed by atoms with van der Waals surface area (Å²) in [4.78, 5) is 32.3. The highest BCUT2D eigenvalue weighted by atomic mass is 16.6. The summed E-state index contributed by atoms with van der Waals surface area (Å²) in [5.41, 5.74) is 1.88. The van der Waals surface area contributed by atoms with Gasteiger partial charge in [0.15, 0.2) is 11.5 Å². The summed E-state index contributed by atoms with van der Waals surface area (Å²) in [7, 11) is 0. The molecule has 5 rings (SSSR count). The highest BCUT2D eigenvalue weighted by molar-refractivity contribution is 6.46. The van der Waals surface area contributed by atoms with Crippen molar-refractivity contribution in [2.45, 2.75) is 38.8 Å². The number of pyridine rings is 1. The molecule has 3 aromatic rings. The quantitative estimate of drug-likeness (QED) is 0.185. The van der Waals surface area contributed by atoms with E-state index >= 15 is 0 Å². The number of nitrogens with zero attached hydrogens (tertiary/aromatic N) is 2. The van der Waals surface area contributed by atoms with Crippen LogP contribution in [0.2, 0.25) is 0 Å². The van der Waals surface area contributed by atoms with Crippen molar-refractivity contribution < 1.29 is 28.9 Å². The number of aliphatic hydroxyl groups is 1. The standard InChI is InChI=1S/C30H30N2O6/c1-2-3-4-14-36-23-7-5-6-21(17-23)27-26(28(33)22-8-9-24-25(18-22)38-16-15-37-24)29(34)30(35)32(27)19-20-10-12-31-13-11-20/h5-13,17-18,27,33H,2-4,14-16,19H2,1H3/b28-26+/t27-/m0/s1. The molecular weight excluding hydrogens is 484 g/mol. The van der Waals surface area contributed by atoms with Crippen molar-refractivity contribution in [2.24, 2.45) is 0 Å². The van der Waals surface area contributed by atoms with Gasteiger partial charge in [-0.1, -0.05) is 31.9 Å². The number of aromatic nitrogens is 1. The Hall–Kier alpha value is -4.33. The van der Waals surface area contributed by atoms with Crippen LogP contribution in [-0.4, -0.2) is 46.5 Å². The van der Waals surface area contributed by atoms with Gasteiger partial charge in [0.25, 0.3) is 11.7 Å². The zero-order valence-electron chi connectivity index (χ0n) is 21.3. The maximum atomic E-state index is 13.4. The number of benzene rings is 2. The van der Waals surface area contributed by atoms with E-state index in [-0.39, 0.29) is 17.9 Å². The molecule has 8 heteroatoms. The zero-order chi connectivity index (χ0) is 26.5. The number of ketones is 1. The van der Waals surface area contributed by atoms with Gasteiger partial charge in [0, 0.05) is 24.5 Å². The third-order valence-corrected chi connectivity index (χ3v) is 6.65. The predicted octanol–water partition coefficient (Wildman–Crippen LogP) is 5.04. The van der Waals surface area contributed by atoms with Gasteiger partial charge in [-0.3, -0.25) is 14.6 Å². The fourth-order valence-corrected chi connectivity index (χ4v) is 4.74. The molecule has 3 heterocycles. The van der Waals surface area contributed by atoms with Crippen LogP contribution in [0.4, 0.5) is 0 Å². The number of hydrogen-bond acceptors (Lipinski definition) is 7. The van der Waals surface area contributed by atoms with Gasteiger partial charge in [-0.15, -0.1) is 0 Å². The molecule has 1 aromatic heterocycles. The molecular formula is C30H30N2O6. The molecule has 1 N–H and O–H groups in total. The van der Waals surface area contributed by atoms with E-state index in [1.807, 2.05) is 24.3 Å². The van der Waals surface area contributed by atoms with E-state index in [0.717, 1.165) is 24.8 Å². The van der Waals surface area contributed by atoms with Crippen molar-refractivity contribution in [1.82, 2.24) is 9.88 Å². The molecule has 38 heavy (non-hydrogen) atoms. The lowest BCUT2D eigenvalue weighted by atomic mass is 9.95. The molecule has 2 aliphatic rings. The Kier molecular flexibility index (Phi) is 7.58. The number of amides is 1. The van der Waals surface area contributed by atoms with Crippen molar-refractivity contribution in [3.05, 3.63) is 89.3 Å². The molecule has 0 saturated carbocycles. The second kappa shape index (κ2) is 11.4. The maximum Gasteiger partial charge on any atom is 0.295 e. The van der Waals surface area contributed by atoms with Crippen LogP contribution in [0.15, 0.2) is 72.6 Å². The number of carbonyl (C=O) groups is 2. The Bertz CT molecular complexity index is 1350. The van der Waals surface area contributed by atoms with E-state index in [4.69, 9.17) is 14.2 Å². The summed E-state index contributed by atoms with van der Waals surface area (Å²) in [5.74, 6) is -0.00381. The van der Waals surface area contributed by atoms with Crippen molar-refractivity contribution in [2.75, 3.05) is 19.8 Å². The van der Waals surface area contributed by atoms with E-state index in [0.29, 0.717) is 48.2 Å². The summed E-state index contributed by atoms with van der Waals surface area (Å²) in [6.07, 6.45) is 6.38. The molecule has 0 unspecified atom stereocenters. The van der Waals surface area contributed by atoms with Crippen molar-refractivity contribution in [1.29, 1.82) is 0 Å². The summed E-state index contributed by atoms with van der Waals surface area (Å²) in [6, 6.07) is 15.1. The van der Waals surface area contributed by atoms with Gasteiger partial charge in [0.1, 0.15) is 24.7 Å². The minimum absolute atomic E-state index is 0.0175. The van der Waals surface area contributed by atoms with Gasteiger partial charge in [0.05, 0.1) is 18.2 Å². The topological polar surface area (TPSA) is 98.2 Å². The Morgan fingerprint density at radius 2 is 1.82 bits per heavy atom. The van der Waals surface area contributed by atoms with Gasteiger partial charge in [-0.25, -0.2) is 0 Å². The summed E-state index contributed by atoms with van der Waals surface area (Å²) >= 11 is 0. The number of Topliss-reactive ketones (excluding diaryl/α,β-unsaturated/α-hetero) is 1. The third-order valence-electron chi connectivity index (χ3n) is 6.65. The molecule has 8 nitrogen and oxygen atoms in total. The number of unbranched alkanes of at least 4 members (excludes halogenated alkanes) is 2. The first kappa shape index (κ1) is 25.3. The van der Waals surface area contributed by atoms with Crippen molar-refractivity contribution in [3.8, 4) is 17.2 Å². The Morgan fingerprint density at radius 1 is 1.03 bits per heavy atom. The van der Waals surface area contributed by atoms with Crippen LogP contribution < -0.4 is 14.2 Å². The summed E-state index contributed by atoms with van der Waals surface area (Å²) in [6.45, 7) is 3.71. The summed E-state index contributed by atoms with van der Waals surface area (Å²) < 4.78 is 17.2. The average Bonchev–Trinajstić information content (AvgIpc) is 3.20. The second-order valence-corrected chi connectivity index (χ2v) is 9.27. The zero-order valence-corrected chi connectivity index (χ0v) is 21.3. The molecule has 1 amide bonds. The van der Waals surface area contributed by atoms with Gasteiger partial charge < -0.3 is 24.2 Å². The monoisotopic (exact) mass is 514 g/mol. The number of aliphatic hydroxyl groups excluding tert-OH is 1. The SMILES string of the molecule is CCCCCOc1cccc([C@H]2/C(=C(\O)c3ccc4c(c3)OCCO4)C(=O)C(=O)N2Cc2ccncc2)c1. The number of hydrogen-bond donors (Lipinski definition) is 1. The average molecular weight is 515 g/mol. The Balaban J connectivity index is 1.56. The fraction of sp³-hybridized carbons (Fsp3) is 0.300. The van der Waals surface area contributed by atoms with Gasteiger partial charge in [-0.05, 0) is 60.0 Å². The minimum atomic E-state index is -0.810. The van der Waals surface area contributed by atoms with Gasteiger partial charge >= 0.3 is 0 Å². The number of carbonyl (C=O) groups excluding carboxylic acids is 2. The Labute approximate surface area is 221 Å². The lowest BCUT2D eigenvalue weighted by molar-refractivity contribution is -0.140. The molecule has 1 atom stereocenters. The first-order valence-corrected chi connectivity index (χ1v) is 12.9. The largest absolute Gasteiger partial charge is 0.507 e. The second-order valence-electron chi connectivity index (χ2n) is 9.27. The van der Waals surface area contributed by atoms with E-state index in [2.05, 4.69) is 11.9 Å². The molecule has 0 spiro atoms. The smallest absolute Gasteiger partial charge is 0.295 e. The maximum absolute atomic E-state index is 13.4. The molecule has 196 valence electrons. The molecule has 0 bridgehead atoms. The molecule has 1 fully saturated rings. The van der Waals surface area contributed by atoms with Crippen LogP contribution in [-0.2, 0) is 16.1 Å². The van der Waals surface area contributed by atoms with Gasteiger partial charge in [-0.2, -0.15) is 0 Å². The highest BCUT2D eigenvalue weighted by Gasteiger charge is 2.46. The first-order chi connectivity index (χ1) is 18.6. The van der Waals surface area contributed by atoms with Gasteiger partial charge in [0.2, 0.25) is 0 Å². The molecule has 0 aliphatic carbocycles. The number of ether oxygens (including phenoxy) is 3. The molecule has 0 radical (unpaired) electrons. The lowest BCUT2D eigenvalue weighted by Crippen LogP contribution is -2.29. The molecule has 2 aliphatic heterocycles. The highest BCUT2D eigenvalue weighted by Crippen LogP contribution is 2.42. The van der Waals surface area contributed by atoms with Crippen LogP contribution in [0.5, 0.6) is 17.2 Å². The van der Waals surface area contributed by atoms with Crippen LogP contribution in [0, 0.1) is 0 Å². The van der Waals surface area contributed by atoms with E-state index < -0.39 is 17.7 Å².